The second-order valence-corrected chi connectivity index (χ2v) is 5.17. The Bertz CT molecular complexity index is 382. The lowest BCUT2D eigenvalue weighted by atomic mass is 10.1. The van der Waals surface area contributed by atoms with Crippen LogP contribution in [-0.4, -0.2) is 9.52 Å². The van der Waals surface area contributed by atoms with E-state index in [0.29, 0.717) is 9.52 Å². The van der Waals surface area contributed by atoms with Crippen molar-refractivity contribution in [3.05, 3.63) is 29.3 Å². The first-order valence-corrected chi connectivity index (χ1v) is 7.05. The van der Waals surface area contributed by atoms with Crippen molar-refractivity contribution in [1.82, 2.24) is 0 Å². The summed E-state index contributed by atoms with van der Waals surface area (Å²) in [5.41, 5.74) is 6.09. The third kappa shape index (κ3) is 4.24. The summed E-state index contributed by atoms with van der Waals surface area (Å²) in [7, 11) is 0.651. The summed E-state index contributed by atoms with van der Waals surface area (Å²) >= 11 is 0. The molecule has 0 heterocycles. The van der Waals surface area contributed by atoms with Gasteiger partial charge in [-0.2, -0.15) is 0 Å². The fraction of sp³-hybridized carbons (Fsp3) is 0.467. The summed E-state index contributed by atoms with van der Waals surface area (Å²) < 4.78 is 0. The second-order valence-electron chi connectivity index (χ2n) is 4.13. The minimum atomic E-state index is 0.651. The first kappa shape index (κ1) is 13.1. The lowest BCUT2D eigenvalue weighted by Gasteiger charge is -2.03. The van der Waals surface area contributed by atoms with Gasteiger partial charge in [0.25, 0.3) is 0 Å². The van der Waals surface area contributed by atoms with Crippen molar-refractivity contribution in [2.45, 2.75) is 46.5 Å². The average Bonchev–Trinajstić information content (AvgIpc) is 2.29. The molecule has 0 spiro atoms. The zero-order chi connectivity index (χ0) is 11.8. The van der Waals surface area contributed by atoms with E-state index in [9.17, 15) is 0 Å². The summed E-state index contributed by atoms with van der Waals surface area (Å²) in [6.07, 6.45) is 4.90. The van der Waals surface area contributed by atoms with Crippen LogP contribution in [0, 0.1) is 25.3 Å². The molecule has 1 heteroatoms. The standard InChI is InChI=1S/C15H20Si/c1-4-5-6-7-8-12-16-15-11-9-10-13(2)14(15)3/h9-11H,4-7H2,1-3H3. The number of aryl methyl sites for hydroxylation is 1. The zero-order valence-corrected chi connectivity index (χ0v) is 11.6. The topological polar surface area (TPSA) is 0 Å². The van der Waals surface area contributed by atoms with Crippen molar-refractivity contribution in [2.75, 3.05) is 0 Å². The van der Waals surface area contributed by atoms with Crippen LogP contribution in [0.3, 0.4) is 0 Å². The highest BCUT2D eigenvalue weighted by molar-refractivity contribution is 6.62. The Morgan fingerprint density at radius 3 is 2.75 bits per heavy atom. The molecule has 0 fully saturated rings. The highest BCUT2D eigenvalue weighted by Crippen LogP contribution is 2.01. The Hall–Kier alpha value is -1.00. The van der Waals surface area contributed by atoms with E-state index in [-0.39, 0.29) is 0 Å². The monoisotopic (exact) mass is 228 g/mol. The molecule has 0 nitrogen and oxygen atoms in total. The molecule has 1 rings (SSSR count). The third-order valence-electron chi connectivity index (χ3n) is 2.80. The van der Waals surface area contributed by atoms with E-state index in [1.165, 1.54) is 35.6 Å². The summed E-state index contributed by atoms with van der Waals surface area (Å²) in [5.74, 6) is 3.28. The molecule has 0 amide bonds. The normalized spacial score (nSPS) is 9.69. The van der Waals surface area contributed by atoms with Gasteiger partial charge in [-0.25, -0.2) is 0 Å². The predicted molar refractivity (Wildman–Crippen MR) is 73.2 cm³/mol. The van der Waals surface area contributed by atoms with Crippen molar-refractivity contribution < 1.29 is 0 Å². The van der Waals surface area contributed by atoms with E-state index in [2.05, 4.69) is 50.4 Å². The molecule has 0 bridgehead atoms. The lowest BCUT2D eigenvalue weighted by molar-refractivity contribution is 0.737. The van der Waals surface area contributed by atoms with Crippen LogP contribution >= 0.6 is 0 Å². The Morgan fingerprint density at radius 1 is 1.19 bits per heavy atom. The molecule has 0 aliphatic rings. The van der Waals surface area contributed by atoms with Crippen LogP contribution in [0.2, 0.25) is 0 Å². The van der Waals surface area contributed by atoms with Gasteiger partial charge >= 0.3 is 0 Å². The summed E-state index contributed by atoms with van der Waals surface area (Å²) in [6, 6.07) is 6.49. The van der Waals surface area contributed by atoms with Crippen LogP contribution in [0.5, 0.6) is 0 Å². The molecule has 0 unspecified atom stereocenters. The van der Waals surface area contributed by atoms with Gasteiger partial charge in [-0.1, -0.05) is 38.0 Å². The zero-order valence-electron chi connectivity index (χ0n) is 10.6. The SMILES string of the molecule is CCCCCC#C[Si]c1cccc(C)c1C. The van der Waals surface area contributed by atoms with Crippen molar-refractivity contribution in [1.29, 1.82) is 0 Å². The van der Waals surface area contributed by atoms with Crippen LogP contribution < -0.4 is 5.19 Å². The van der Waals surface area contributed by atoms with E-state index >= 15 is 0 Å². The van der Waals surface area contributed by atoms with Crippen molar-refractivity contribution in [2.24, 2.45) is 0 Å². The number of benzene rings is 1. The van der Waals surface area contributed by atoms with E-state index in [1.807, 2.05) is 0 Å². The largest absolute Gasteiger partial charge is 0.186 e. The van der Waals surface area contributed by atoms with E-state index < -0.39 is 0 Å². The highest BCUT2D eigenvalue weighted by atomic mass is 28.2. The molecule has 1 aromatic carbocycles. The maximum Gasteiger partial charge on any atom is 0.186 e. The van der Waals surface area contributed by atoms with Gasteiger partial charge in [-0.3, -0.25) is 0 Å². The van der Waals surface area contributed by atoms with Crippen LogP contribution in [0.15, 0.2) is 18.2 Å². The lowest BCUT2D eigenvalue weighted by Crippen LogP contribution is -2.16. The fourth-order valence-electron chi connectivity index (χ4n) is 1.52. The van der Waals surface area contributed by atoms with Crippen LogP contribution in [0.1, 0.15) is 43.7 Å². The summed E-state index contributed by atoms with van der Waals surface area (Å²) in [4.78, 5) is 0. The Kier molecular flexibility index (Phi) is 5.96. The van der Waals surface area contributed by atoms with Crippen molar-refractivity contribution >= 4 is 14.7 Å². The first-order chi connectivity index (χ1) is 7.75. The molecule has 0 atom stereocenters. The summed E-state index contributed by atoms with van der Waals surface area (Å²) in [5, 5.41) is 1.41. The molecular weight excluding hydrogens is 208 g/mol. The third-order valence-corrected chi connectivity index (χ3v) is 3.91. The number of rotatable bonds is 4. The quantitative estimate of drug-likeness (QED) is 0.422. The van der Waals surface area contributed by atoms with Gasteiger partial charge in [0, 0.05) is 6.42 Å². The molecular formula is C15H20Si. The van der Waals surface area contributed by atoms with Gasteiger partial charge < -0.3 is 0 Å². The Labute approximate surface area is 102 Å². The van der Waals surface area contributed by atoms with Gasteiger partial charge in [-0.15, -0.1) is 11.5 Å². The minimum absolute atomic E-state index is 0.651. The molecule has 84 valence electrons. The van der Waals surface area contributed by atoms with Crippen molar-refractivity contribution in [3.8, 4) is 11.5 Å². The number of unbranched alkanes of at least 4 members (excludes halogenated alkanes) is 3. The molecule has 0 saturated carbocycles. The highest BCUT2D eigenvalue weighted by Gasteiger charge is 1.99. The molecule has 0 aliphatic heterocycles. The van der Waals surface area contributed by atoms with E-state index in [4.69, 9.17) is 0 Å². The first-order valence-electron chi connectivity index (χ1n) is 6.05. The minimum Gasteiger partial charge on any atom is -0.129 e. The molecule has 0 aliphatic carbocycles. The van der Waals surface area contributed by atoms with Crippen LogP contribution in [0.4, 0.5) is 0 Å². The predicted octanol–water partition coefficient (Wildman–Crippen LogP) is 3.17. The second kappa shape index (κ2) is 7.30. The van der Waals surface area contributed by atoms with Crippen LogP contribution in [0.25, 0.3) is 0 Å². The van der Waals surface area contributed by atoms with Gasteiger partial charge in [0.15, 0.2) is 9.52 Å². The fourth-order valence-corrected chi connectivity index (χ4v) is 2.44. The molecule has 1 aromatic rings. The Balaban J connectivity index is 2.45. The van der Waals surface area contributed by atoms with E-state index in [0.717, 1.165) is 6.42 Å². The molecule has 0 aromatic heterocycles. The van der Waals surface area contributed by atoms with Gasteiger partial charge in [0.2, 0.25) is 0 Å². The summed E-state index contributed by atoms with van der Waals surface area (Å²) in [6.45, 7) is 6.58. The Morgan fingerprint density at radius 2 is 2.00 bits per heavy atom. The maximum atomic E-state index is 3.31. The van der Waals surface area contributed by atoms with Gasteiger partial charge in [-0.05, 0) is 36.6 Å². The van der Waals surface area contributed by atoms with E-state index in [1.54, 1.807) is 0 Å². The smallest absolute Gasteiger partial charge is 0.129 e. The number of hydrogen-bond acceptors (Lipinski definition) is 0. The molecule has 0 saturated heterocycles. The molecule has 0 N–H and O–H groups in total. The van der Waals surface area contributed by atoms with Gasteiger partial charge in [0.1, 0.15) is 0 Å². The average molecular weight is 228 g/mol. The molecule has 2 radical (unpaired) electrons. The van der Waals surface area contributed by atoms with Crippen molar-refractivity contribution in [3.63, 3.8) is 0 Å². The maximum absolute atomic E-state index is 3.31. The molecule has 16 heavy (non-hydrogen) atoms. The number of hydrogen-bond donors (Lipinski definition) is 0. The van der Waals surface area contributed by atoms with Gasteiger partial charge in [0.05, 0.1) is 0 Å². The van der Waals surface area contributed by atoms with Crippen LogP contribution in [-0.2, 0) is 0 Å².